The van der Waals surface area contributed by atoms with Gasteiger partial charge in [-0.2, -0.15) is 0 Å². The fourth-order valence-corrected chi connectivity index (χ4v) is 5.04. The molecule has 0 atom stereocenters. The second-order valence-corrected chi connectivity index (χ2v) is 7.81. The number of rotatable bonds is 4. The van der Waals surface area contributed by atoms with Crippen molar-refractivity contribution in [2.45, 2.75) is 26.4 Å². The summed E-state index contributed by atoms with van der Waals surface area (Å²) in [5.74, 6) is -0.525. The molecule has 0 unspecified atom stereocenters. The summed E-state index contributed by atoms with van der Waals surface area (Å²) in [4.78, 5) is 42.5. The van der Waals surface area contributed by atoms with E-state index in [9.17, 15) is 14.4 Å². The van der Waals surface area contributed by atoms with Crippen molar-refractivity contribution in [1.29, 1.82) is 0 Å². The number of likely N-dealkylation sites (N-methyl/N-ethyl adjacent to an activating group) is 1. The molecule has 2 aromatic heterocycles. The molecule has 0 aliphatic carbocycles. The van der Waals surface area contributed by atoms with Crippen LogP contribution < -0.4 is 11.2 Å². The summed E-state index contributed by atoms with van der Waals surface area (Å²) in [5.41, 5.74) is 0.636. The van der Waals surface area contributed by atoms with Crippen LogP contribution in [0.4, 0.5) is 0 Å². The lowest BCUT2D eigenvalue weighted by Crippen LogP contribution is -2.40. The molecule has 1 aromatic carbocycles. The molecule has 0 N–H and O–H groups in total. The minimum atomic E-state index is -0.528. The van der Waals surface area contributed by atoms with Gasteiger partial charge in [0.05, 0.1) is 18.2 Å². The number of nitrogens with zero attached hydrogens (tertiary/aromatic N) is 3. The van der Waals surface area contributed by atoms with Gasteiger partial charge in [-0.3, -0.25) is 19.1 Å². The number of fused-ring (bicyclic) bond motifs is 3. The molecule has 3 heterocycles. The third-order valence-corrected chi connectivity index (χ3v) is 6.42. The number of hydrogen-bond acceptors (Lipinski definition) is 6. The molecule has 0 fully saturated rings. The fraction of sp³-hybridized carbons (Fsp3) is 0.350. The van der Waals surface area contributed by atoms with E-state index in [4.69, 9.17) is 4.74 Å². The molecule has 7 nitrogen and oxygen atoms in total. The average Bonchev–Trinajstić information content (AvgIpc) is 3.10. The maximum atomic E-state index is 13.4. The van der Waals surface area contributed by atoms with Gasteiger partial charge in [0, 0.05) is 18.0 Å². The third-order valence-electron chi connectivity index (χ3n) is 5.18. The highest BCUT2D eigenvalue weighted by Gasteiger charge is 2.26. The molecular weight excluding hydrogens is 378 g/mol. The van der Waals surface area contributed by atoms with Crippen molar-refractivity contribution < 1.29 is 9.53 Å². The molecule has 0 radical (unpaired) electrons. The van der Waals surface area contributed by atoms with Gasteiger partial charge in [-0.25, -0.2) is 9.36 Å². The Morgan fingerprint density at radius 1 is 1.21 bits per heavy atom. The second kappa shape index (κ2) is 7.37. The van der Waals surface area contributed by atoms with Gasteiger partial charge < -0.3 is 4.74 Å². The van der Waals surface area contributed by atoms with E-state index in [-0.39, 0.29) is 12.1 Å². The Morgan fingerprint density at radius 3 is 2.64 bits per heavy atom. The molecule has 0 spiro atoms. The van der Waals surface area contributed by atoms with Crippen molar-refractivity contribution in [2.75, 3.05) is 20.2 Å². The van der Waals surface area contributed by atoms with Gasteiger partial charge in [0.15, 0.2) is 0 Å². The number of thiophene rings is 1. The lowest BCUT2D eigenvalue weighted by molar-refractivity contribution is -0.141. The Balaban J connectivity index is 2.05. The van der Waals surface area contributed by atoms with Crippen LogP contribution in [-0.4, -0.2) is 40.2 Å². The van der Waals surface area contributed by atoms with Gasteiger partial charge in [-0.05, 0) is 30.7 Å². The Labute approximate surface area is 165 Å². The maximum Gasteiger partial charge on any atom is 0.337 e. The van der Waals surface area contributed by atoms with Crippen molar-refractivity contribution in [3.8, 4) is 5.69 Å². The van der Waals surface area contributed by atoms with Crippen molar-refractivity contribution in [2.24, 2.45) is 0 Å². The second-order valence-electron chi connectivity index (χ2n) is 6.72. The first-order valence-electron chi connectivity index (χ1n) is 9.19. The highest BCUT2D eigenvalue weighted by Crippen LogP contribution is 2.33. The molecule has 1 aliphatic rings. The predicted molar refractivity (Wildman–Crippen MR) is 108 cm³/mol. The van der Waals surface area contributed by atoms with E-state index in [1.54, 1.807) is 24.3 Å². The average molecular weight is 399 g/mol. The lowest BCUT2D eigenvalue weighted by atomic mass is 10.1. The summed E-state index contributed by atoms with van der Waals surface area (Å²) in [6, 6.07) is 8.81. The smallest absolute Gasteiger partial charge is 0.337 e. The van der Waals surface area contributed by atoms with Crippen LogP contribution >= 0.6 is 11.3 Å². The van der Waals surface area contributed by atoms with E-state index in [0.29, 0.717) is 15.9 Å². The summed E-state index contributed by atoms with van der Waals surface area (Å²) >= 11 is 1.43. The normalized spacial score (nSPS) is 14.2. The van der Waals surface area contributed by atoms with Crippen molar-refractivity contribution in [3.05, 3.63) is 61.6 Å². The van der Waals surface area contributed by atoms with Crippen LogP contribution in [0.2, 0.25) is 0 Å². The van der Waals surface area contributed by atoms with Gasteiger partial charge in [-0.1, -0.05) is 25.1 Å². The van der Waals surface area contributed by atoms with Crippen molar-refractivity contribution in [3.63, 3.8) is 0 Å². The summed E-state index contributed by atoms with van der Waals surface area (Å²) in [6.45, 7) is 4.43. The zero-order chi connectivity index (χ0) is 19.8. The van der Waals surface area contributed by atoms with Crippen LogP contribution in [0.3, 0.4) is 0 Å². The quantitative estimate of drug-likeness (QED) is 0.625. The number of methoxy groups -OCH3 is 1. The molecule has 0 saturated heterocycles. The van der Waals surface area contributed by atoms with Gasteiger partial charge in [0.25, 0.3) is 5.56 Å². The van der Waals surface area contributed by atoms with E-state index < -0.39 is 11.7 Å². The van der Waals surface area contributed by atoms with E-state index >= 15 is 0 Å². The third kappa shape index (κ3) is 2.98. The number of carbonyl (C=O) groups is 1. The van der Waals surface area contributed by atoms with Crippen LogP contribution in [-0.2, 0) is 29.0 Å². The first-order chi connectivity index (χ1) is 13.5. The Morgan fingerprint density at radius 2 is 1.96 bits per heavy atom. The van der Waals surface area contributed by atoms with E-state index in [0.717, 1.165) is 41.1 Å². The molecule has 3 aromatic rings. The lowest BCUT2D eigenvalue weighted by Gasteiger charge is -2.24. The number of benzene rings is 1. The van der Waals surface area contributed by atoms with Gasteiger partial charge in [0.1, 0.15) is 11.4 Å². The molecule has 0 saturated carbocycles. The zero-order valence-electron chi connectivity index (χ0n) is 15.8. The van der Waals surface area contributed by atoms with Crippen LogP contribution in [0.1, 0.15) is 17.4 Å². The summed E-state index contributed by atoms with van der Waals surface area (Å²) < 4.78 is 7.31. The first kappa shape index (κ1) is 18.6. The summed E-state index contributed by atoms with van der Waals surface area (Å²) in [7, 11) is 1.29. The van der Waals surface area contributed by atoms with Crippen LogP contribution in [0.5, 0.6) is 0 Å². The molecular formula is C20H21N3O4S. The Bertz CT molecular complexity index is 1160. The summed E-state index contributed by atoms with van der Waals surface area (Å²) in [5, 5.41) is 0.545. The molecule has 28 heavy (non-hydrogen) atoms. The summed E-state index contributed by atoms with van der Waals surface area (Å²) in [6.07, 6.45) is 0.754. The Hall–Kier alpha value is -2.71. The monoisotopic (exact) mass is 399 g/mol. The molecule has 0 amide bonds. The zero-order valence-corrected chi connectivity index (χ0v) is 16.6. The first-order valence-corrected chi connectivity index (χ1v) is 10.0. The van der Waals surface area contributed by atoms with Crippen LogP contribution in [0.25, 0.3) is 15.9 Å². The number of ether oxygens (including phenoxy) is 1. The van der Waals surface area contributed by atoms with Crippen molar-refractivity contribution in [1.82, 2.24) is 14.0 Å². The van der Waals surface area contributed by atoms with Crippen LogP contribution in [0, 0.1) is 0 Å². The minimum Gasteiger partial charge on any atom is -0.468 e. The number of esters is 1. The molecule has 4 rings (SSSR count). The van der Waals surface area contributed by atoms with Gasteiger partial charge in [-0.15, -0.1) is 11.3 Å². The fourth-order valence-electron chi connectivity index (χ4n) is 3.67. The number of carbonyl (C=O) groups excluding carboxylic acids is 1. The topological polar surface area (TPSA) is 73.5 Å². The number of aromatic nitrogens is 2. The highest BCUT2D eigenvalue weighted by molar-refractivity contribution is 7.18. The molecule has 146 valence electrons. The van der Waals surface area contributed by atoms with E-state index in [1.807, 2.05) is 6.07 Å². The number of para-hydroxylation sites is 1. The van der Waals surface area contributed by atoms with Gasteiger partial charge in [0.2, 0.25) is 0 Å². The van der Waals surface area contributed by atoms with E-state index in [1.165, 1.54) is 23.0 Å². The van der Waals surface area contributed by atoms with Gasteiger partial charge >= 0.3 is 11.7 Å². The Kier molecular flexibility index (Phi) is 4.91. The molecule has 1 aliphatic heterocycles. The standard InChI is InChI=1S/C20H21N3O4S/c1-3-21-10-9-14-15(11-21)28-19-17(14)18(25)23(13-7-5-4-6-8-13)20(26)22(19)12-16(24)27-2/h4-8H,3,9-12H2,1-2H3. The van der Waals surface area contributed by atoms with E-state index in [2.05, 4.69) is 11.8 Å². The number of hydrogen-bond donors (Lipinski definition) is 0. The SMILES string of the molecule is CCN1CCc2c(sc3c2c(=O)n(-c2ccccc2)c(=O)n3CC(=O)OC)C1. The minimum absolute atomic E-state index is 0.226. The van der Waals surface area contributed by atoms with Crippen molar-refractivity contribution >= 4 is 27.5 Å². The largest absolute Gasteiger partial charge is 0.468 e. The maximum absolute atomic E-state index is 13.4. The molecule has 8 heteroatoms. The molecule has 0 bridgehead atoms. The predicted octanol–water partition coefficient (Wildman–Crippen LogP) is 1.76. The van der Waals surface area contributed by atoms with Crippen LogP contribution in [0.15, 0.2) is 39.9 Å². The highest BCUT2D eigenvalue weighted by atomic mass is 32.1.